The van der Waals surface area contributed by atoms with Crippen LogP contribution in [0.2, 0.25) is 0 Å². The minimum absolute atomic E-state index is 0.0256. The fourth-order valence-corrected chi connectivity index (χ4v) is 2.61. The number of amides is 1. The molecule has 1 amide bonds. The number of nitrogens with zero attached hydrogens (tertiary/aromatic N) is 3. The number of ether oxygens (including phenoxy) is 1. The zero-order valence-corrected chi connectivity index (χ0v) is 11.2. The van der Waals surface area contributed by atoms with E-state index in [1.807, 2.05) is 18.2 Å². The molecule has 0 aliphatic carbocycles. The summed E-state index contributed by atoms with van der Waals surface area (Å²) in [6.07, 6.45) is 0. The summed E-state index contributed by atoms with van der Waals surface area (Å²) in [4.78, 5) is 14.1. The molecule has 7 heteroatoms. The Labute approximate surface area is 114 Å². The predicted octanol–water partition coefficient (Wildman–Crippen LogP) is 0.962. The van der Waals surface area contributed by atoms with Crippen molar-refractivity contribution in [1.82, 2.24) is 13.6 Å². The number of benzene rings is 1. The van der Waals surface area contributed by atoms with Crippen LogP contribution in [0.25, 0.3) is 11.0 Å². The molecule has 19 heavy (non-hydrogen) atoms. The van der Waals surface area contributed by atoms with E-state index in [0.717, 1.165) is 41.5 Å². The molecule has 3 rings (SSSR count). The second-order valence-electron chi connectivity index (χ2n) is 4.37. The molecule has 100 valence electrons. The van der Waals surface area contributed by atoms with Crippen molar-refractivity contribution >= 4 is 34.4 Å². The molecule has 1 aliphatic rings. The van der Waals surface area contributed by atoms with Crippen LogP contribution >= 0.6 is 11.7 Å². The first-order valence-corrected chi connectivity index (χ1v) is 6.87. The van der Waals surface area contributed by atoms with Crippen molar-refractivity contribution in [1.29, 1.82) is 0 Å². The Hall–Kier alpha value is -1.57. The van der Waals surface area contributed by atoms with Gasteiger partial charge in [0.15, 0.2) is 0 Å². The van der Waals surface area contributed by atoms with Gasteiger partial charge in [-0.1, -0.05) is 6.07 Å². The van der Waals surface area contributed by atoms with Gasteiger partial charge >= 0.3 is 0 Å². The fraction of sp³-hybridized carbons (Fsp3) is 0.417. The molecule has 0 bridgehead atoms. The maximum atomic E-state index is 12.0. The van der Waals surface area contributed by atoms with E-state index in [4.69, 9.17) is 4.74 Å². The summed E-state index contributed by atoms with van der Waals surface area (Å²) in [6.45, 7) is 3.38. The number of fused-ring (bicyclic) bond motifs is 1. The zero-order valence-electron chi connectivity index (χ0n) is 10.3. The summed E-state index contributed by atoms with van der Waals surface area (Å²) in [5.74, 6) is -0.0256. The van der Waals surface area contributed by atoms with Crippen LogP contribution in [0.3, 0.4) is 0 Å². The number of carbonyl (C=O) groups excluding carboxylic acids is 1. The Morgan fingerprint density at radius 3 is 3.05 bits per heavy atom. The van der Waals surface area contributed by atoms with Gasteiger partial charge in [-0.3, -0.25) is 9.69 Å². The lowest BCUT2D eigenvalue weighted by Gasteiger charge is -2.25. The predicted molar refractivity (Wildman–Crippen MR) is 73.3 cm³/mol. The van der Waals surface area contributed by atoms with Crippen LogP contribution in [0.5, 0.6) is 0 Å². The molecule has 1 saturated heterocycles. The number of carbonyl (C=O) groups is 1. The van der Waals surface area contributed by atoms with Crippen molar-refractivity contribution in [2.75, 3.05) is 38.2 Å². The number of morpholine rings is 1. The zero-order chi connectivity index (χ0) is 13.1. The second kappa shape index (κ2) is 5.60. The molecule has 1 aliphatic heterocycles. The Kier molecular flexibility index (Phi) is 3.67. The van der Waals surface area contributed by atoms with Gasteiger partial charge in [-0.25, -0.2) is 0 Å². The van der Waals surface area contributed by atoms with Crippen molar-refractivity contribution in [2.24, 2.45) is 0 Å². The van der Waals surface area contributed by atoms with E-state index in [9.17, 15) is 4.79 Å². The molecule has 0 atom stereocenters. The van der Waals surface area contributed by atoms with E-state index in [1.54, 1.807) is 0 Å². The lowest BCUT2D eigenvalue weighted by molar-refractivity contribution is -0.118. The molecule has 2 aromatic rings. The first kappa shape index (κ1) is 12.5. The summed E-state index contributed by atoms with van der Waals surface area (Å²) in [5.41, 5.74) is 2.29. The Morgan fingerprint density at radius 1 is 1.37 bits per heavy atom. The molecular weight excluding hydrogens is 264 g/mol. The normalized spacial score (nSPS) is 16.6. The molecule has 1 aromatic carbocycles. The molecule has 1 aromatic heterocycles. The summed E-state index contributed by atoms with van der Waals surface area (Å²) in [5, 5.41) is 2.90. The highest BCUT2D eigenvalue weighted by molar-refractivity contribution is 7.00. The van der Waals surface area contributed by atoms with Gasteiger partial charge in [0.1, 0.15) is 11.0 Å². The summed E-state index contributed by atoms with van der Waals surface area (Å²) in [6, 6.07) is 5.60. The molecule has 1 fully saturated rings. The molecule has 6 nitrogen and oxygen atoms in total. The van der Waals surface area contributed by atoms with Crippen molar-refractivity contribution in [3.8, 4) is 0 Å². The van der Waals surface area contributed by atoms with E-state index >= 15 is 0 Å². The Bertz CT molecular complexity index is 580. The Balaban J connectivity index is 1.67. The van der Waals surface area contributed by atoms with Crippen molar-refractivity contribution in [3.05, 3.63) is 18.2 Å². The third-order valence-corrected chi connectivity index (χ3v) is 3.57. The van der Waals surface area contributed by atoms with Crippen LogP contribution in [0.4, 0.5) is 5.69 Å². The van der Waals surface area contributed by atoms with Crippen LogP contribution in [0.1, 0.15) is 0 Å². The number of hydrogen-bond acceptors (Lipinski definition) is 6. The highest BCUT2D eigenvalue weighted by Gasteiger charge is 2.15. The lowest BCUT2D eigenvalue weighted by atomic mass is 10.2. The van der Waals surface area contributed by atoms with E-state index in [1.165, 1.54) is 0 Å². The first-order chi connectivity index (χ1) is 9.33. The molecule has 0 spiro atoms. The Morgan fingerprint density at radius 2 is 2.21 bits per heavy atom. The molecular formula is C12H14N4O2S. The average molecular weight is 278 g/mol. The van der Waals surface area contributed by atoms with Crippen molar-refractivity contribution in [2.45, 2.75) is 0 Å². The largest absolute Gasteiger partial charge is 0.379 e. The van der Waals surface area contributed by atoms with Gasteiger partial charge in [0.05, 0.1) is 37.2 Å². The van der Waals surface area contributed by atoms with E-state index in [0.29, 0.717) is 19.8 Å². The smallest absolute Gasteiger partial charge is 0.238 e. The van der Waals surface area contributed by atoms with Gasteiger partial charge in [0.2, 0.25) is 5.91 Å². The topological polar surface area (TPSA) is 67.3 Å². The fourth-order valence-electron chi connectivity index (χ4n) is 2.06. The van der Waals surface area contributed by atoms with Crippen LogP contribution in [0, 0.1) is 0 Å². The van der Waals surface area contributed by atoms with Gasteiger partial charge < -0.3 is 10.1 Å². The monoisotopic (exact) mass is 278 g/mol. The van der Waals surface area contributed by atoms with Crippen LogP contribution in [-0.2, 0) is 9.53 Å². The number of aromatic nitrogens is 2. The summed E-state index contributed by atoms with van der Waals surface area (Å²) in [7, 11) is 0. The van der Waals surface area contributed by atoms with Crippen molar-refractivity contribution in [3.63, 3.8) is 0 Å². The number of nitrogens with one attached hydrogen (secondary N) is 1. The molecule has 1 N–H and O–H groups in total. The number of anilines is 1. The SMILES string of the molecule is O=C(CN1CCOCC1)Nc1cccc2nsnc12. The quantitative estimate of drug-likeness (QED) is 0.906. The van der Waals surface area contributed by atoms with Crippen LogP contribution in [0.15, 0.2) is 18.2 Å². The van der Waals surface area contributed by atoms with E-state index in [-0.39, 0.29) is 5.91 Å². The summed E-state index contributed by atoms with van der Waals surface area (Å²) >= 11 is 1.15. The second-order valence-corrected chi connectivity index (χ2v) is 4.90. The minimum atomic E-state index is -0.0256. The van der Waals surface area contributed by atoms with Gasteiger partial charge in [-0.2, -0.15) is 8.75 Å². The van der Waals surface area contributed by atoms with Crippen molar-refractivity contribution < 1.29 is 9.53 Å². The lowest BCUT2D eigenvalue weighted by Crippen LogP contribution is -2.41. The highest BCUT2D eigenvalue weighted by Crippen LogP contribution is 2.20. The van der Waals surface area contributed by atoms with Gasteiger partial charge in [0, 0.05) is 13.1 Å². The van der Waals surface area contributed by atoms with Crippen LogP contribution < -0.4 is 5.32 Å². The summed E-state index contributed by atoms with van der Waals surface area (Å²) < 4.78 is 13.6. The van der Waals surface area contributed by atoms with Crippen LogP contribution in [-0.4, -0.2) is 52.4 Å². The number of hydrogen-bond donors (Lipinski definition) is 1. The van der Waals surface area contributed by atoms with Gasteiger partial charge in [-0.15, -0.1) is 0 Å². The minimum Gasteiger partial charge on any atom is -0.379 e. The van der Waals surface area contributed by atoms with E-state index < -0.39 is 0 Å². The third-order valence-electron chi connectivity index (χ3n) is 3.03. The van der Waals surface area contributed by atoms with Gasteiger partial charge in [-0.05, 0) is 12.1 Å². The molecule has 0 radical (unpaired) electrons. The average Bonchev–Trinajstić information content (AvgIpc) is 2.89. The maximum Gasteiger partial charge on any atom is 0.238 e. The van der Waals surface area contributed by atoms with E-state index in [2.05, 4.69) is 19.0 Å². The first-order valence-electron chi connectivity index (χ1n) is 6.14. The highest BCUT2D eigenvalue weighted by atomic mass is 32.1. The number of rotatable bonds is 3. The van der Waals surface area contributed by atoms with Gasteiger partial charge in [0.25, 0.3) is 0 Å². The molecule has 0 saturated carbocycles. The molecule has 0 unspecified atom stereocenters. The molecule has 2 heterocycles. The standard InChI is InChI=1S/C12H14N4O2S/c17-11(8-16-4-6-18-7-5-16)13-9-2-1-3-10-12(9)15-19-14-10/h1-3H,4-8H2,(H,13,17). The maximum absolute atomic E-state index is 12.0. The third kappa shape index (κ3) is 2.89.